The summed E-state index contributed by atoms with van der Waals surface area (Å²) in [7, 11) is -3.82. The molecule has 0 bridgehead atoms. The van der Waals surface area contributed by atoms with Gasteiger partial charge in [0.15, 0.2) is 0 Å². The third kappa shape index (κ3) is 3.77. The first kappa shape index (κ1) is 15.9. The maximum absolute atomic E-state index is 12.2. The van der Waals surface area contributed by atoms with Gasteiger partial charge in [0.1, 0.15) is 4.90 Å². The Hall–Kier alpha value is -1.52. The number of hydrogen-bond donors (Lipinski definition) is 1. The van der Waals surface area contributed by atoms with E-state index in [2.05, 4.69) is 41.6 Å². The van der Waals surface area contributed by atoms with E-state index in [0.29, 0.717) is 4.47 Å². The van der Waals surface area contributed by atoms with E-state index < -0.39 is 14.9 Å². The highest BCUT2D eigenvalue weighted by Crippen LogP contribution is 2.28. The largest absolute Gasteiger partial charge is 0.283 e. The Morgan fingerprint density at radius 1 is 1.19 bits per heavy atom. The average Bonchev–Trinajstić information content (AvgIpc) is 2.37. The number of nitrogens with zero attached hydrogens (tertiary/aromatic N) is 2. The van der Waals surface area contributed by atoms with Gasteiger partial charge in [-0.2, -0.15) is 0 Å². The van der Waals surface area contributed by atoms with Gasteiger partial charge in [-0.3, -0.25) is 19.8 Å². The van der Waals surface area contributed by atoms with E-state index in [1.807, 2.05) is 0 Å². The minimum absolute atomic E-state index is 0.0219. The smallest absolute Gasteiger partial charge is 0.280 e. The van der Waals surface area contributed by atoms with Gasteiger partial charge in [-0.25, -0.2) is 8.42 Å². The van der Waals surface area contributed by atoms with Crippen LogP contribution in [0.3, 0.4) is 0 Å². The number of nitro groups is 1. The van der Waals surface area contributed by atoms with Gasteiger partial charge in [0.05, 0.1) is 15.1 Å². The van der Waals surface area contributed by atoms with Gasteiger partial charge in [0.2, 0.25) is 0 Å². The van der Waals surface area contributed by atoms with Crippen LogP contribution < -0.4 is 4.72 Å². The van der Waals surface area contributed by atoms with Crippen LogP contribution in [0.25, 0.3) is 0 Å². The molecule has 0 fully saturated rings. The Bertz CT molecular complexity index is 811. The van der Waals surface area contributed by atoms with E-state index in [-0.39, 0.29) is 20.7 Å². The SMILES string of the molecule is O=[N+]([O-])c1ccc(NS(=O)(=O)c2cncc(Br)c2)cc1Br. The first-order valence-corrected chi connectivity index (χ1v) is 8.44. The van der Waals surface area contributed by atoms with Gasteiger partial charge in [0, 0.05) is 22.9 Å². The van der Waals surface area contributed by atoms with Crippen molar-refractivity contribution in [3.05, 3.63) is 55.7 Å². The standard InChI is InChI=1S/C11H7Br2N3O4S/c12-7-3-9(6-14-5-7)21(19,20)15-8-1-2-11(16(17)18)10(13)4-8/h1-6,15H. The van der Waals surface area contributed by atoms with Crippen molar-refractivity contribution in [2.75, 3.05) is 4.72 Å². The third-order valence-electron chi connectivity index (χ3n) is 2.39. The van der Waals surface area contributed by atoms with Gasteiger partial charge in [-0.05, 0) is 50.1 Å². The first-order valence-electron chi connectivity index (χ1n) is 5.37. The Morgan fingerprint density at radius 3 is 2.48 bits per heavy atom. The number of halogens is 2. The molecule has 1 aromatic carbocycles. The molecule has 1 aromatic heterocycles. The number of benzene rings is 1. The fourth-order valence-electron chi connectivity index (χ4n) is 1.47. The van der Waals surface area contributed by atoms with Crippen molar-refractivity contribution in [1.29, 1.82) is 0 Å². The predicted octanol–water partition coefficient (Wildman–Crippen LogP) is 3.32. The molecule has 21 heavy (non-hydrogen) atoms. The number of anilines is 1. The summed E-state index contributed by atoms with van der Waals surface area (Å²) < 4.78 is 27.4. The van der Waals surface area contributed by atoms with Gasteiger partial charge in [0.25, 0.3) is 15.7 Å². The second kappa shape index (κ2) is 6.08. The van der Waals surface area contributed by atoms with E-state index in [4.69, 9.17) is 0 Å². The fraction of sp³-hybridized carbons (Fsp3) is 0. The summed E-state index contributed by atoms with van der Waals surface area (Å²) in [5, 5.41) is 10.7. The molecule has 0 aliphatic heterocycles. The lowest BCUT2D eigenvalue weighted by Gasteiger charge is -2.08. The van der Waals surface area contributed by atoms with Crippen LogP contribution in [-0.4, -0.2) is 18.3 Å². The summed E-state index contributed by atoms with van der Waals surface area (Å²) in [5.74, 6) is 0. The highest BCUT2D eigenvalue weighted by molar-refractivity contribution is 9.10. The van der Waals surface area contributed by atoms with Crippen LogP contribution in [-0.2, 0) is 10.0 Å². The first-order chi connectivity index (χ1) is 9.79. The van der Waals surface area contributed by atoms with Crippen LogP contribution in [0.15, 0.2) is 50.5 Å². The second-order valence-corrected chi connectivity index (χ2v) is 7.32. The molecule has 0 saturated heterocycles. The summed E-state index contributed by atoms with van der Waals surface area (Å²) in [6.07, 6.45) is 2.66. The van der Waals surface area contributed by atoms with E-state index >= 15 is 0 Å². The van der Waals surface area contributed by atoms with Gasteiger partial charge in [-0.15, -0.1) is 0 Å². The topological polar surface area (TPSA) is 102 Å². The van der Waals surface area contributed by atoms with Crippen LogP contribution in [0.4, 0.5) is 11.4 Å². The lowest BCUT2D eigenvalue weighted by Crippen LogP contribution is -2.13. The maximum Gasteiger partial charge on any atom is 0.283 e. The van der Waals surface area contributed by atoms with Crippen LogP contribution in [0.5, 0.6) is 0 Å². The highest BCUT2D eigenvalue weighted by Gasteiger charge is 2.17. The molecule has 0 aliphatic rings. The zero-order valence-electron chi connectivity index (χ0n) is 10.2. The number of sulfonamides is 1. The van der Waals surface area contributed by atoms with Gasteiger partial charge in [-0.1, -0.05) is 0 Å². The van der Waals surface area contributed by atoms with Crippen molar-refractivity contribution in [2.24, 2.45) is 0 Å². The molecule has 0 amide bonds. The van der Waals surface area contributed by atoms with E-state index in [0.717, 1.165) is 0 Å². The number of nitro benzene ring substituents is 1. The Morgan fingerprint density at radius 2 is 1.90 bits per heavy atom. The minimum Gasteiger partial charge on any atom is -0.280 e. The number of rotatable bonds is 4. The van der Waals surface area contributed by atoms with Crippen LogP contribution in [0.2, 0.25) is 0 Å². The molecule has 0 radical (unpaired) electrons. The number of aromatic nitrogens is 1. The molecule has 0 saturated carbocycles. The molecule has 0 spiro atoms. The van der Waals surface area contributed by atoms with E-state index in [1.165, 1.54) is 36.7 Å². The van der Waals surface area contributed by atoms with Crippen LogP contribution in [0.1, 0.15) is 0 Å². The monoisotopic (exact) mass is 435 g/mol. The molecule has 0 atom stereocenters. The molecule has 110 valence electrons. The fourth-order valence-corrected chi connectivity index (χ4v) is 3.55. The summed E-state index contributed by atoms with van der Waals surface area (Å²) >= 11 is 6.17. The van der Waals surface area contributed by atoms with Crippen molar-refractivity contribution >= 4 is 53.3 Å². The lowest BCUT2D eigenvalue weighted by molar-refractivity contribution is -0.385. The summed E-state index contributed by atoms with van der Waals surface area (Å²) in [5.41, 5.74) is 0.0505. The second-order valence-electron chi connectivity index (χ2n) is 3.87. The van der Waals surface area contributed by atoms with Crippen molar-refractivity contribution in [3.8, 4) is 0 Å². The average molecular weight is 437 g/mol. The number of hydrogen-bond acceptors (Lipinski definition) is 5. The zero-order chi connectivity index (χ0) is 15.6. The highest BCUT2D eigenvalue weighted by atomic mass is 79.9. The molecule has 2 rings (SSSR count). The molecule has 7 nitrogen and oxygen atoms in total. The summed E-state index contributed by atoms with van der Waals surface area (Å²) in [6.45, 7) is 0. The Kier molecular flexibility index (Phi) is 4.59. The number of nitrogens with one attached hydrogen (secondary N) is 1. The van der Waals surface area contributed by atoms with Crippen molar-refractivity contribution < 1.29 is 13.3 Å². The molecule has 0 unspecified atom stereocenters. The van der Waals surface area contributed by atoms with Crippen molar-refractivity contribution in [1.82, 2.24) is 4.98 Å². The zero-order valence-corrected chi connectivity index (χ0v) is 14.1. The third-order valence-corrected chi connectivity index (χ3v) is 4.80. The van der Waals surface area contributed by atoms with Crippen LogP contribution in [0, 0.1) is 10.1 Å². The molecule has 2 aromatic rings. The molecule has 1 N–H and O–H groups in total. The van der Waals surface area contributed by atoms with E-state index in [1.54, 1.807) is 0 Å². The predicted molar refractivity (Wildman–Crippen MR) is 83.5 cm³/mol. The minimum atomic E-state index is -3.82. The molecule has 0 aliphatic carbocycles. The summed E-state index contributed by atoms with van der Waals surface area (Å²) in [4.78, 5) is 13.9. The Balaban J connectivity index is 2.33. The normalized spacial score (nSPS) is 11.1. The van der Waals surface area contributed by atoms with Gasteiger partial charge >= 0.3 is 0 Å². The Labute approximate surface area is 136 Å². The number of pyridine rings is 1. The van der Waals surface area contributed by atoms with Gasteiger partial charge < -0.3 is 0 Å². The van der Waals surface area contributed by atoms with Crippen LogP contribution >= 0.6 is 31.9 Å². The maximum atomic E-state index is 12.2. The molecular weight excluding hydrogens is 430 g/mol. The van der Waals surface area contributed by atoms with E-state index in [9.17, 15) is 18.5 Å². The quantitative estimate of drug-likeness (QED) is 0.584. The lowest BCUT2D eigenvalue weighted by atomic mass is 10.3. The molecule has 10 heteroatoms. The van der Waals surface area contributed by atoms with Crippen molar-refractivity contribution in [3.63, 3.8) is 0 Å². The van der Waals surface area contributed by atoms with Crippen molar-refractivity contribution in [2.45, 2.75) is 4.90 Å². The summed E-state index contributed by atoms with van der Waals surface area (Å²) in [6, 6.07) is 5.24. The molecule has 1 heterocycles. The molecular formula is C11H7Br2N3O4S.